The minimum Gasteiger partial charge on any atom is -0.495 e. The Morgan fingerprint density at radius 2 is 2.18 bits per heavy atom. The molecule has 5 nitrogen and oxygen atoms in total. The van der Waals surface area contributed by atoms with Gasteiger partial charge in [-0.05, 0) is 12.1 Å². The molecular formula is C12H13NO4. The Morgan fingerprint density at radius 1 is 1.41 bits per heavy atom. The molecule has 0 aliphatic carbocycles. The molecule has 0 saturated heterocycles. The van der Waals surface area contributed by atoms with Gasteiger partial charge in [-0.1, -0.05) is 12.1 Å². The quantitative estimate of drug-likeness (QED) is 0.788. The maximum absolute atomic E-state index is 11.2. The van der Waals surface area contributed by atoms with Crippen LogP contribution in [0.4, 0.5) is 0 Å². The van der Waals surface area contributed by atoms with Gasteiger partial charge < -0.3 is 19.6 Å². The minimum absolute atomic E-state index is 0.386. The van der Waals surface area contributed by atoms with Crippen molar-refractivity contribution in [2.45, 2.75) is 6.10 Å². The Morgan fingerprint density at radius 3 is 2.82 bits per heavy atom. The predicted molar refractivity (Wildman–Crippen MR) is 61.8 cm³/mol. The van der Waals surface area contributed by atoms with E-state index in [1.54, 1.807) is 19.2 Å². The van der Waals surface area contributed by atoms with E-state index in [1.807, 2.05) is 12.1 Å². The zero-order chi connectivity index (χ0) is 12.4. The number of benzene rings is 1. The van der Waals surface area contributed by atoms with Crippen LogP contribution < -0.4 is 4.74 Å². The van der Waals surface area contributed by atoms with E-state index in [2.05, 4.69) is 9.72 Å². The first kappa shape index (κ1) is 11.5. The van der Waals surface area contributed by atoms with Crippen LogP contribution in [0.2, 0.25) is 0 Å². The van der Waals surface area contributed by atoms with Crippen LogP contribution in [0.5, 0.6) is 5.75 Å². The maximum Gasteiger partial charge on any atom is 0.340 e. The molecule has 1 aromatic heterocycles. The molecular weight excluding hydrogens is 222 g/mol. The van der Waals surface area contributed by atoms with E-state index in [-0.39, 0.29) is 0 Å². The standard InChI is InChI=1S/C12H13NO4/c1-16-9-5-3-4-7-6-8(13-10(7)9)11(14)12(15)17-2/h3-6,11,13-14H,1-2H3. The van der Waals surface area contributed by atoms with E-state index in [1.165, 1.54) is 7.11 Å². The number of hydrogen-bond acceptors (Lipinski definition) is 4. The number of methoxy groups -OCH3 is 2. The summed E-state index contributed by atoms with van der Waals surface area (Å²) in [6, 6.07) is 7.19. The third kappa shape index (κ3) is 1.97. The second-order valence-corrected chi connectivity index (χ2v) is 3.57. The second kappa shape index (κ2) is 4.47. The molecule has 1 aromatic carbocycles. The third-order valence-corrected chi connectivity index (χ3v) is 2.58. The van der Waals surface area contributed by atoms with Crippen LogP contribution in [-0.4, -0.2) is 30.3 Å². The zero-order valence-corrected chi connectivity index (χ0v) is 9.56. The van der Waals surface area contributed by atoms with E-state index in [4.69, 9.17) is 4.74 Å². The molecule has 0 aliphatic heterocycles. The Kier molecular flexibility index (Phi) is 3.01. The van der Waals surface area contributed by atoms with Gasteiger partial charge in [0, 0.05) is 5.39 Å². The van der Waals surface area contributed by atoms with Gasteiger partial charge in [-0.2, -0.15) is 0 Å². The molecule has 0 spiro atoms. The fourth-order valence-corrected chi connectivity index (χ4v) is 1.71. The molecule has 17 heavy (non-hydrogen) atoms. The van der Waals surface area contributed by atoms with Crippen molar-refractivity contribution < 1.29 is 19.4 Å². The van der Waals surface area contributed by atoms with Crippen molar-refractivity contribution in [2.75, 3.05) is 14.2 Å². The van der Waals surface area contributed by atoms with Gasteiger partial charge in [0.05, 0.1) is 25.4 Å². The van der Waals surface area contributed by atoms with E-state index >= 15 is 0 Å². The van der Waals surface area contributed by atoms with Gasteiger partial charge in [0.25, 0.3) is 0 Å². The largest absolute Gasteiger partial charge is 0.495 e. The topological polar surface area (TPSA) is 71.6 Å². The highest BCUT2D eigenvalue weighted by molar-refractivity contribution is 5.88. The molecule has 2 rings (SSSR count). The summed E-state index contributed by atoms with van der Waals surface area (Å²) in [6.45, 7) is 0. The molecule has 0 amide bonds. The van der Waals surface area contributed by atoms with Crippen LogP contribution in [0, 0.1) is 0 Å². The summed E-state index contributed by atoms with van der Waals surface area (Å²) in [5.74, 6) is -0.0404. The van der Waals surface area contributed by atoms with Crippen LogP contribution >= 0.6 is 0 Å². The van der Waals surface area contributed by atoms with Gasteiger partial charge in [-0.15, -0.1) is 0 Å². The molecule has 2 aromatic rings. The van der Waals surface area contributed by atoms with Crippen molar-refractivity contribution in [1.29, 1.82) is 0 Å². The normalized spacial score (nSPS) is 12.4. The van der Waals surface area contributed by atoms with Gasteiger partial charge in [0.15, 0.2) is 6.10 Å². The molecule has 1 unspecified atom stereocenters. The lowest BCUT2D eigenvalue weighted by molar-refractivity contribution is -0.150. The lowest BCUT2D eigenvalue weighted by atomic mass is 10.2. The first-order chi connectivity index (χ1) is 8.17. The second-order valence-electron chi connectivity index (χ2n) is 3.57. The summed E-state index contributed by atoms with van der Waals surface area (Å²) in [4.78, 5) is 14.2. The molecule has 0 radical (unpaired) electrons. The van der Waals surface area contributed by atoms with E-state index in [0.717, 1.165) is 10.9 Å². The monoisotopic (exact) mass is 235 g/mol. The molecule has 0 saturated carbocycles. The number of aliphatic hydroxyl groups is 1. The number of fused-ring (bicyclic) bond motifs is 1. The number of aromatic nitrogens is 1. The van der Waals surface area contributed by atoms with Crippen molar-refractivity contribution >= 4 is 16.9 Å². The lowest BCUT2D eigenvalue weighted by Gasteiger charge is -2.05. The molecule has 5 heteroatoms. The van der Waals surface area contributed by atoms with Gasteiger partial charge >= 0.3 is 5.97 Å². The van der Waals surface area contributed by atoms with Crippen LogP contribution in [0.1, 0.15) is 11.8 Å². The molecule has 90 valence electrons. The molecule has 1 atom stereocenters. The average Bonchev–Trinajstić information content (AvgIpc) is 2.80. The maximum atomic E-state index is 11.2. The first-order valence-electron chi connectivity index (χ1n) is 5.09. The van der Waals surface area contributed by atoms with Gasteiger partial charge in [0.2, 0.25) is 0 Å². The van der Waals surface area contributed by atoms with Crippen molar-refractivity contribution in [1.82, 2.24) is 4.98 Å². The number of esters is 1. The summed E-state index contributed by atoms with van der Waals surface area (Å²) < 4.78 is 9.66. The molecule has 0 aliphatic rings. The fourth-order valence-electron chi connectivity index (χ4n) is 1.71. The van der Waals surface area contributed by atoms with Gasteiger partial charge in [-0.3, -0.25) is 0 Å². The number of para-hydroxylation sites is 1. The molecule has 1 heterocycles. The number of nitrogens with one attached hydrogen (secondary N) is 1. The molecule has 0 fully saturated rings. The average molecular weight is 235 g/mol. The number of aromatic amines is 1. The summed E-state index contributed by atoms with van der Waals surface area (Å²) in [5, 5.41) is 10.6. The third-order valence-electron chi connectivity index (χ3n) is 2.58. The van der Waals surface area contributed by atoms with Crippen LogP contribution in [0.3, 0.4) is 0 Å². The summed E-state index contributed by atoms with van der Waals surface area (Å²) in [5.41, 5.74) is 1.13. The highest BCUT2D eigenvalue weighted by Gasteiger charge is 2.20. The first-order valence-corrected chi connectivity index (χ1v) is 5.09. The fraction of sp³-hybridized carbons (Fsp3) is 0.250. The number of rotatable bonds is 3. The predicted octanol–water partition coefficient (Wildman–Crippen LogP) is 1.38. The number of H-pyrrole nitrogens is 1. The summed E-state index contributed by atoms with van der Waals surface area (Å²) in [7, 11) is 2.79. The SMILES string of the molecule is COC(=O)C(O)c1cc2cccc(OC)c2[nH]1. The van der Waals surface area contributed by atoms with Gasteiger partial charge in [0.1, 0.15) is 5.75 Å². The Labute approximate surface area is 98.0 Å². The molecule has 0 bridgehead atoms. The Bertz CT molecular complexity index is 546. The van der Waals surface area contributed by atoms with Crippen molar-refractivity contribution in [3.05, 3.63) is 30.0 Å². The van der Waals surface area contributed by atoms with Crippen molar-refractivity contribution in [3.63, 3.8) is 0 Å². The minimum atomic E-state index is -1.31. The summed E-state index contributed by atoms with van der Waals surface area (Å²) in [6.07, 6.45) is -1.31. The van der Waals surface area contributed by atoms with Crippen LogP contribution in [0.25, 0.3) is 10.9 Å². The van der Waals surface area contributed by atoms with Gasteiger partial charge in [-0.25, -0.2) is 4.79 Å². The van der Waals surface area contributed by atoms with Crippen molar-refractivity contribution in [2.24, 2.45) is 0 Å². The number of hydrogen-bond donors (Lipinski definition) is 2. The number of ether oxygens (including phenoxy) is 2. The van der Waals surface area contributed by atoms with Crippen LogP contribution in [0.15, 0.2) is 24.3 Å². The number of carbonyl (C=O) groups is 1. The van der Waals surface area contributed by atoms with E-state index in [0.29, 0.717) is 11.4 Å². The Hall–Kier alpha value is -2.01. The summed E-state index contributed by atoms with van der Waals surface area (Å²) >= 11 is 0. The smallest absolute Gasteiger partial charge is 0.340 e. The lowest BCUT2D eigenvalue weighted by Crippen LogP contribution is -2.13. The zero-order valence-electron chi connectivity index (χ0n) is 9.56. The number of carbonyl (C=O) groups excluding carboxylic acids is 1. The van der Waals surface area contributed by atoms with E-state index < -0.39 is 12.1 Å². The van der Waals surface area contributed by atoms with E-state index in [9.17, 15) is 9.90 Å². The highest BCUT2D eigenvalue weighted by atomic mass is 16.5. The highest BCUT2D eigenvalue weighted by Crippen LogP contribution is 2.27. The van der Waals surface area contributed by atoms with Crippen molar-refractivity contribution in [3.8, 4) is 5.75 Å². The van der Waals surface area contributed by atoms with Crippen LogP contribution in [-0.2, 0) is 9.53 Å². The number of aliphatic hydroxyl groups excluding tert-OH is 1. The molecule has 2 N–H and O–H groups in total. The Balaban J connectivity index is 2.47.